The van der Waals surface area contributed by atoms with Gasteiger partial charge in [0, 0.05) is 0 Å². The molecule has 0 bridgehead atoms. The standard InChI is InChI=1S/C66H36/c1-9-25-45-37(17-1)39-19-3-11-27-47(39)64-57-34-56-44-24-8-16-32-52(44)63-51-31-15-6-22-42(51)54-33-53-41-21-5-13-29-49(41)62-46-26-10-2-18-38(46)40-20-4-12-28-48(40)65(62)59(53)36-60(54)66(63)58(56)35-55(57)43-23-7-14-30-50(43)61(45)64/h1-36H. The molecule has 0 aromatic heterocycles. The van der Waals surface area contributed by atoms with E-state index >= 15 is 0 Å². The number of fused-ring (bicyclic) bond motifs is 33. The van der Waals surface area contributed by atoms with E-state index in [4.69, 9.17) is 0 Å². The second kappa shape index (κ2) is 12.6. The molecule has 0 unspecified atom stereocenters. The lowest BCUT2D eigenvalue weighted by Gasteiger charge is -2.21. The highest BCUT2D eigenvalue weighted by Crippen LogP contribution is 2.51. The summed E-state index contributed by atoms with van der Waals surface area (Å²) in [6.45, 7) is 0. The molecule has 300 valence electrons. The van der Waals surface area contributed by atoms with Gasteiger partial charge >= 0.3 is 0 Å². The van der Waals surface area contributed by atoms with Crippen LogP contribution >= 0.6 is 0 Å². The average Bonchev–Trinajstić information content (AvgIpc) is 3.39. The summed E-state index contributed by atoms with van der Waals surface area (Å²) in [6, 6.07) is 83.0. The topological polar surface area (TPSA) is 0 Å². The van der Waals surface area contributed by atoms with Gasteiger partial charge in [-0.05, 0) is 186 Å². The number of hydrogen-bond donors (Lipinski definition) is 0. The fraction of sp³-hybridized carbons (Fsp3) is 0. The molecule has 0 atom stereocenters. The van der Waals surface area contributed by atoms with E-state index in [-0.39, 0.29) is 0 Å². The zero-order valence-corrected chi connectivity index (χ0v) is 35.8. The molecule has 0 amide bonds. The Kier molecular flexibility index (Phi) is 6.64. The summed E-state index contributed by atoms with van der Waals surface area (Å²) in [6.07, 6.45) is 0. The van der Waals surface area contributed by atoms with Gasteiger partial charge in [-0.3, -0.25) is 0 Å². The van der Waals surface area contributed by atoms with Crippen molar-refractivity contribution in [3.8, 4) is 0 Å². The Bertz CT molecular complexity index is 4920. The van der Waals surface area contributed by atoms with Crippen molar-refractivity contribution in [1.29, 1.82) is 0 Å². The Morgan fingerprint density at radius 1 is 0.106 bits per heavy atom. The summed E-state index contributed by atoms with van der Waals surface area (Å²) >= 11 is 0. The van der Waals surface area contributed by atoms with Crippen molar-refractivity contribution in [2.45, 2.75) is 0 Å². The fourth-order valence-corrected chi connectivity index (χ4v) is 12.9. The molecule has 0 spiro atoms. The minimum atomic E-state index is 1.28. The van der Waals surface area contributed by atoms with Crippen molar-refractivity contribution in [3.63, 3.8) is 0 Å². The van der Waals surface area contributed by atoms with Crippen LogP contribution in [-0.4, -0.2) is 0 Å². The van der Waals surface area contributed by atoms with Crippen LogP contribution in [-0.2, 0) is 0 Å². The van der Waals surface area contributed by atoms with Crippen molar-refractivity contribution < 1.29 is 0 Å². The second-order valence-electron chi connectivity index (χ2n) is 18.5. The van der Waals surface area contributed by atoms with Crippen molar-refractivity contribution in [1.82, 2.24) is 0 Å². The average molecular weight is 829 g/mol. The lowest BCUT2D eigenvalue weighted by Crippen LogP contribution is -1.92. The third-order valence-electron chi connectivity index (χ3n) is 15.5. The van der Waals surface area contributed by atoms with E-state index < -0.39 is 0 Å². The molecule has 0 aliphatic carbocycles. The quantitative estimate of drug-likeness (QED) is 0.106. The Morgan fingerprint density at radius 2 is 0.227 bits per heavy atom. The van der Waals surface area contributed by atoms with Gasteiger partial charge in [0.1, 0.15) is 0 Å². The van der Waals surface area contributed by atoms with Crippen LogP contribution in [0.5, 0.6) is 0 Å². The monoisotopic (exact) mass is 828 g/mol. The van der Waals surface area contributed by atoms with Crippen LogP contribution < -0.4 is 0 Å². The first kappa shape index (κ1) is 34.9. The minimum absolute atomic E-state index is 1.28. The first-order chi connectivity index (χ1) is 32.8. The highest BCUT2D eigenvalue weighted by Gasteiger charge is 2.23. The van der Waals surface area contributed by atoms with Gasteiger partial charge in [0.25, 0.3) is 0 Å². The molecule has 0 heteroatoms. The van der Waals surface area contributed by atoms with Crippen molar-refractivity contribution in [2.75, 3.05) is 0 Å². The van der Waals surface area contributed by atoms with E-state index in [9.17, 15) is 0 Å². The van der Waals surface area contributed by atoms with Gasteiger partial charge in [-0.2, -0.15) is 0 Å². The predicted molar refractivity (Wildman–Crippen MR) is 289 cm³/mol. The summed E-state index contributed by atoms with van der Waals surface area (Å²) < 4.78 is 0. The fourth-order valence-electron chi connectivity index (χ4n) is 12.9. The van der Waals surface area contributed by atoms with Gasteiger partial charge in [-0.15, -0.1) is 0 Å². The smallest absolute Gasteiger partial charge is 0.00134 e. The van der Waals surface area contributed by atoms with Gasteiger partial charge in [0.05, 0.1) is 0 Å². The number of benzene rings is 16. The summed E-state index contributed by atoms with van der Waals surface area (Å²) in [7, 11) is 0. The first-order valence-electron chi connectivity index (χ1n) is 23.2. The molecule has 0 saturated carbocycles. The van der Waals surface area contributed by atoms with Gasteiger partial charge in [0.15, 0.2) is 0 Å². The molecule has 16 rings (SSSR count). The van der Waals surface area contributed by atoms with Gasteiger partial charge in [-0.25, -0.2) is 0 Å². The maximum absolute atomic E-state index is 2.59. The first-order valence-corrected chi connectivity index (χ1v) is 23.2. The van der Waals surface area contributed by atoms with E-state index in [2.05, 4.69) is 218 Å². The molecule has 0 fully saturated rings. The second-order valence-corrected chi connectivity index (χ2v) is 18.5. The summed E-state index contributed by atoms with van der Waals surface area (Å²) in [5, 5.41) is 39.0. The molecule has 0 nitrogen and oxygen atoms in total. The summed E-state index contributed by atoms with van der Waals surface area (Å²) in [5.74, 6) is 0. The van der Waals surface area contributed by atoms with Crippen LogP contribution in [0.1, 0.15) is 0 Å². The predicted octanol–water partition coefficient (Wildman–Crippen LogP) is 19.0. The van der Waals surface area contributed by atoms with Crippen molar-refractivity contribution >= 4 is 162 Å². The molecule has 0 N–H and O–H groups in total. The Balaban J connectivity index is 1.21. The highest BCUT2D eigenvalue weighted by atomic mass is 14.3. The van der Waals surface area contributed by atoms with Gasteiger partial charge < -0.3 is 0 Å². The molecule has 0 aliphatic rings. The van der Waals surface area contributed by atoms with E-state index in [1.807, 2.05) is 0 Å². The SMILES string of the molecule is c1ccc2c(c1)c1ccccc1c1c3cc4c5ccccc5c5c6ccccc6c6cc7c8ccccc8c8c9ccccc9c9ccccc9c8c7cc6c5c4cc3c3ccccc3c21. The van der Waals surface area contributed by atoms with Crippen LogP contribution in [0.2, 0.25) is 0 Å². The molecule has 66 heavy (non-hydrogen) atoms. The lowest BCUT2D eigenvalue weighted by atomic mass is 9.82. The maximum atomic E-state index is 2.59. The Hall–Kier alpha value is -8.58. The summed E-state index contributed by atoms with van der Waals surface area (Å²) in [5.41, 5.74) is 0. The van der Waals surface area contributed by atoms with Crippen LogP contribution in [0.3, 0.4) is 0 Å². The van der Waals surface area contributed by atoms with E-state index in [1.165, 1.54) is 162 Å². The third-order valence-corrected chi connectivity index (χ3v) is 15.5. The zero-order chi connectivity index (χ0) is 42.8. The molecule has 16 aromatic rings. The van der Waals surface area contributed by atoms with Crippen LogP contribution in [0.15, 0.2) is 218 Å². The summed E-state index contributed by atoms with van der Waals surface area (Å²) in [4.78, 5) is 0. The molecule has 0 heterocycles. The van der Waals surface area contributed by atoms with Gasteiger partial charge in [0.2, 0.25) is 0 Å². The Morgan fingerprint density at radius 3 is 0.439 bits per heavy atom. The highest BCUT2D eigenvalue weighted by molar-refractivity contribution is 6.46. The largest absolute Gasteiger partial charge is 0.0616 e. The van der Waals surface area contributed by atoms with Crippen LogP contribution in [0, 0.1) is 0 Å². The van der Waals surface area contributed by atoms with Crippen molar-refractivity contribution in [2.24, 2.45) is 0 Å². The van der Waals surface area contributed by atoms with Crippen LogP contribution in [0.4, 0.5) is 0 Å². The van der Waals surface area contributed by atoms with Gasteiger partial charge in [-0.1, -0.05) is 194 Å². The van der Waals surface area contributed by atoms with Crippen LogP contribution in [0.25, 0.3) is 162 Å². The maximum Gasteiger partial charge on any atom is -0.00134 e. The number of rotatable bonds is 0. The van der Waals surface area contributed by atoms with E-state index in [1.54, 1.807) is 0 Å². The third kappa shape index (κ3) is 4.30. The molecule has 16 aromatic carbocycles. The van der Waals surface area contributed by atoms with E-state index in [0.717, 1.165) is 0 Å². The van der Waals surface area contributed by atoms with E-state index in [0.29, 0.717) is 0 Å². The number of hydrogen-bond acceptors (Lipinski definition) is 0. The molecular formula is C66H36. The molecule has 0 aliphatic heterocycles. The Labute approximate surface area is 378 Å². The minimum Gasteiger partial charge on any atom is -0.0616 e. The van der Waals surface area contributed by atoms with Crippen molar-refractivity contribution in [3.05, 3.63) is 218 Å². The zero-order valence-electron chi connectivity index (χ0n) is 35.8. The molecule has 0 radical (unpaired) electrons. The molecular weight excluding hydrogens is 793 g/mol. The lowest BCUT2D eigenvalue weighted by molar-refractivity contribution is 1.79. The molecule has 0 saturated heterocycles. The normalized spacial score (nSPS) is 12.5.